The summed E-state index contributed by atoms with van der Waals surface area (Å²) in [6.07, 6.45) is 7.66. The molecule has 5 nitrogen and oxygen atoms in total. The van der Waals surface area contributed by atoms with Crippen LogP contribution in [0.4, 0.5) is 5.00 Å². The Hall–Kier alpha value is -2.44. The molecular formula is C21H23N3O2S. The fourth-order valence-electron chi connectivity index (χ4n) is 3.74. The zero-order valence-electron chi connectivity index (χ0n) is 15.6. The number of aromatic nitrogens is 1. The first kappa shape index (κ1) is 17.9. The maximum Gasteiger partial charge on any atom is 0.291 e. The van der Waals surface area contributed by atoms with Crippen LogP contribution in [0.5, 0.6) is 0 Å². The zero-order chi connectivity index (χ0) is 18.8. The molecule has 1 N–H and O–H groups in total. The van der Waals surface area contributed by atoms with Gasteiger partial charge in [-0.25, -0.2) is 0 Å². The third-order valence-electron chi connectivity index (χ3n) is 5.18. The highest BCUT2D eigenvalue weighted by atomic mass is 32.1. The second-order valence-corrected chi connectivity index (χ2v) is 8.11. The molecule has 1 amide bonds. The number of likely N-dealkylation sites (tertiary alicyclic amines) is 1. The standard InChI is InChI=1S/C21H23N3O2S/c1-14-15(2)27-21(23-20(25)17-8-6-12-26-17)18(14)19(24-10-3-4-11-24)16-7-5-9-22-13-16/h5-9,12-13,19H,3-4,10-11H2,1-2H3,(H,23,25)/t19-/m1/s1. The minimum Gasteiger partial charge on any atom is -0.459 e. The first-order valence-electron chi connectivity index (χ1n) is 9.24. The van der Waals surface area contributed by atoms with Gasteiger partial charge in [0.15, 0.2) is 5.76 Å². The van der Waals surface area contributed by atoms with E-state index >= 15 is 0 Å². The Morgan fingerprint density at radius 1 is 1.26 bits per heavy atom. The number of carbonyl (C=O) groups excluding carboxylic acids is 1. The second-order valence-electron chi connectivity index (χ2n) is 6.89. The molecule has 1 atom stereocenters. The van der Waals surface area contributed by atoms with E-state index < -0.39 is 0 Å². The lowest BCUT2D eigenvalue weighted by Gasteiger charge is -2.29. The van der Waals surface area contributed by atoms with Crippen molar-refractivity contribution >= 4 is 22.2 Å². The number of amides is 1. The van der Waals surface area contributed by atoms with Gasteiger partial charge in [0.05, 0.1) is 12.3 Å². The van der Waals surface area contributed by atoms with Crippen molar-refractivity contribution < 1.29 is 9.21 Å². The summed E-state index contributed by atoms with van der Waals surface area (Å²) < 4.78 is 5.26. The van der Waals surface area contributed by atoms with E-state index in [4.69, 9.17) is 4.42 Å². The molecule has 0 saturated carbocycles. The van der Waals surface area contributed by atoms with E-state index in [1.807, 2.05) is 12.3 Å². The topological polar surface area (TPSA) is 58.4 Å². The summed E-state index contributed by atoms with van der Waals surface area (Å²) in [5.74, 6) is 0.109. The van der Waals surface area contributed by atoms with Crippen LogP contribution < -0.4 is 5.32 Å². The average Bonchev–Trinajstić information content (AvgIpc) is 3.42. The molecule has 1 saturated heterocycles. The van der Waals surface area contributed by atoms with Crippen LogP contribution >= 0.6 is 11.3 Å². The number of aryl methyl sites for hydroxylation is 1. The van der Waals surface area contributed by atoms with Crippen molar-refractivity contribution in [1.82, 2.24) is 9.88 Å². The van der Waals surface area contributed by atoms with Crippen molar-refractivity contribution in [2.75, 3.05) is 18.4 Å². The van der Waals surface area contributed by atoms with Crippen molar-refractivity contribution in [3.05, 3.63) is 70.3 Å². The molecule has 3 aromatic heterocycles. The Balaban J connectivity index is 1.76. The smallest absolute Gasteiger partial charge is 0.291 e. The van der Waals surface area contributed by atoms with Gasteiger partial charge in [-0.2, -0.15) is 0 Å². The summed E-state index contributed by atoms with van der Waals surface area (Å²) in [6, 6.07) is 7.61. The predicted molar refractivity (Wildman–Crippen MR) is 107 cm³/mol. The average molecular weight is 382 g/mol. The lowest BCUT2D eigenvalue weighted by Crippen LogP contribution is -2.28. The predicted octanol–water partition coefficient (Wildman–Crippen LogP) is 4.79. The van der Waals surface area contributed by atoms with Gasteiger partial charge in [0.1, 0.15) is 5.00 Å². The molecule has 27 heavy (non-hydrogen) atoms. The number of nitrogens with one attached hydrogen (secondary N) is 1. The third kappa shape index (κ3) is 3.55. The maximum atomic E-state index is 12.6. The quantitative estimate of drug-likeness (QED) is 0.690. The van der Waals surface area contributed by atoms with Gasteiger partial charge in [-0.3, -0.25) is 14.7 Å². The van der Waals surface area contributed by atoms with Gasteiger partial charge in [-0.05, 0) is 69.1 Å². The van der Waals surface area contributed by atoms with E-state index in [-0.39, 0.29) is 11.9 Å². The number of hydrogen-bond acceptors (Lipinski definition) is 5. The molecule has 3 aromatic rings. The minimum atomic E-state index is -0.214. The highest BCUT2D eigenvalue weighted by Crippen LogP contribution is 2.43. The lowest BCUT2D eigenvalue weighted by atomic mass is 9.96. The molecule has 6 heteroatoms. The minimum absolute atomic E-state index is 0.0954. The van der Waals surface area contributed by atoms with Crippen LogP contribution in [0, 0.1) is 13.8 Å². The number of hydrogen-bond donors (Lipinski definition) is 1. The van der Waals surface area contributed by atoms with E-state index in [1.165, 1.54) is 35.1 Å². The van der Waals surface area contributed by atoms with Gasteiger partial charge >= 0.3 is 0 Å². The van der Waals surface area contributed by atoms with Gasteiger partial charge in [0.25, 0.3) is 5.91 Å². The van der Waals surface area contributed by atoms with E-state index in [2.05, 4.69) is 35.1 Å². The molecule has 0 spiro atoms. The number of anilines is 1. The van der Waals surface area contributed by atoms with Crippen molar-refractivity contribution in [3.63, 3.8) is 0 Å². The van der Waals surface area contributed by atoms with Crippen LogP contribution in [0.1, 0.15) is 51.0 Å². The molecule has 4 heterocycles. The van der Waals surface area contributed by atoms with Crippen LogP contribution in [0.25, 0.3) is 0 Å². The van der Waals surface area contributed by atoms with Crippen molar-refractivity contribution in [3.8, 4) is 0 Å². The number of carbonyl (C=O) groups is 1. The molecule has 1 aliphatic rings. The van der Waals surface area contributed by atoms with Crippen molar-refractivity contribution in [2.45, 2.75) is 32.7 Å². The Kier molecular flexibility index (Phi) is 5.09. The summed E-state index contributed by atoms with van der Waals surface area (Å²) in [4.78, 5) is 20.7. The SMILES string of the molecule is Cc1sc(NC(=O)c2ccco2)c([C@@H](c2cccnc2)N2CCCC2)c1C. The Morgan fingerprint density at radius 3 is 2.74 bits per heavy atom. The first-order chi connectivity index (χ1) is 13.1. The number of thiophene rings is 1. The molecule has 1 fully saturated rings. The summed E-state index contributed by atoms with van der Waals surface area (Å²) in [6.45, 7) is 6.36. The Labute approximate surface area is 163 Å². The summed E-state index contributed by atoms with van der Waals surface area (Å²) in [5, 5.41) is 3.98. The molecule has 0 aromatic carbocycles. The van der Waals surface area contributed by atoms with E-state index in [1.54, 1.807) is 29.7 Å². The molecule has 0 unspecified atom stereocenters. The fourth-order valence-corrected chi connectivity index (χ4v) is 4.82. The van der Waals surface area contributed by atoms with Crippen molar-refractivity contribution in [1.29, 1.82) is 0 Å². The van der Waals surface area contributed by atoms with Crippen LogP contribution in [0.15, 0.2) is 47.3 Å². The highest BCUT2D eigenvalue weighted by Gasteiger charge is 2.31. The van der Waals surface area contributed by atoms with Gasteiger partial charge in [0.2, 0.25) is 0 Å². The highest BCUT2D eigenvalue weighted by molar-refractivity contribution is 7.16. The number of nitrogens with zero attached hydrogens (tertiary/aromatic N) is 2. The van der Waals surface area contributed by atoms with Gasteiger partial charge < -0.3 is 9.73 Å². The molecule has 4 rings (SSSR count). The molecule has 1 aliphatic heterocycles. The first-order valence-corrected chi connectivity index (χ1v) is 10.1. The van der Waals surface area contributed by atoms with E-state index in [9.17, 15) is 4.79 Å². The normalized spacial score (nSPS) is 15.8. The molecular weight excluding hydrogens is 358 g/mol. The number of furan rings is 1. The van der Waals surface area contributed by atoms with Crippen LogP contribution in [-0.2, 0) is 0 Å². The Bertz CT molecular complexity index is 913. The number of rotatable bonds is 5. The van der Waals surface area contributed by atoms with Crippen LogP contribution in [0.3, 0.4) is 0 Å². The lowest BCUT2D eigenvalue weighted by molar-refractivity contribution is 0.0997. The summed E-state index contributed by atoms with van der Waals surface area (Å²) in [7, 11) is 0. The van der Waals surface area contributed by atoms with Crippen molar-refractivity contribution in [2.24, 2.45) is 0 Å². The third-order valence-corrected chi connectivity index (χ3v) is 6.32. The maximum absolute atomic E-state index is 12.6. The Morgan fingerprint density at radius 2 is 2.07 bits per heavy atom. The summed E-state index contributed by atoms with van der Waals surface area (Å²) in [5.41, 5.74) is 3.57. The van der Waals surface area contributed by atoms with E-state index in [0.717, 1.165) is 23.7 Å². The largest absolute Gasteiger partial charge is 0.459 e. The molecule has 0 aliphatic carbocycles. The monoisotopic (exact) mass is 381 g/mol. The number of pyridine rings is 1. The van der Waals surface area contributed by atoms with Gasteiger partial charge in [0, 0.05) is 22.8 Å². The van der Waals surface area contributed by atoms with E-state index in [0.29, 0.717) is 5.76 Å². The van der Waals surface area contributed by atoms with Gasteiger partial charge in [-0.1, -0.05) is 6.07 Å². The van der Waals surface area contributed by atoms with Crippen LogP contribution in [0.2, 0.25) is 0 Å². The zero-order valence-corrected chi connectivity index (χ0v) is 16.4. The molecule has 0 radical (unpaired) electrons. The molecule has 140 valence electrons. The summed E-state index contributed by atoms with van der Waals surface area (Å²) >= 11 is 1.63. The van der Waals surface area contributed by atoms with Crippen LogP contribution in [-0.4, -0.2) is 28.9 Å². The fraction of sp³-hybridized carbons (Fsp3) is 0.333. The molecule has 0 bridgehead atoms. The van der Waals surface area contributed by atoms with Gasteiger partial charge in [-0.15, -0.1) is 11.3 Å². The second kappa shape index (κ2) is 7.66.